The van der Waals surface area contributed by atoms with Crippen LogP contribution in [0.3, 0.4) is 0 Å². The van der Waals surface area contributed by atoms with Crippen LogP contribution in [0.25, 0.3) is 11.1 Å². The number of carbonyl (C=O) groups is 1. The number of hydrogen-bond donors (Lipinski definition) is 1. The molecular weight excluding hydrogens is 240 g/mol. The van der Waals surface area contributed by atoms with Crippen LogP contribution in [0.5, 0.6) is 0 Å². The molecule has 0 aliphatic carbocycles. The molecule has 1 aromatic carbocycles. The van der Waals surface area contributed by atoms with E-state index >= 15 is 0 Å². The molecule has 0 atom stereocenters. The topological polar surface area (TPSA) is 64.2 Å². The van der Waals surface area contributed by atoms with Crippen molar-refractivity contribution >= 4 is 17.4 Å². The van der Waals surface area contributed by atoms with Crippen molar-refractivity contribution in [3.8, 4) is 11.1 Å². The molecule has 0 unspecified atom stereocenters. The zero-order valence-electron chi connectivity index (χ0n) is 11.1. The maximum absolute atomic E-state index is 11.9. The van der Waals surface area contributed by atoms with E-state index in [1.807, 2.05) is 26.2 Å². The fourth-order valence-electron chi connectivity index (χ4n) is 2.60. The minimum atomic E-state index is 0.141. The second kappa shape index (κ2) is 4.12. The fourth-order valence-corrected chi connectivity index (χ4v) is 2.60. The number of carbonyl (C=O) groups excluding carboxylic acids is 1. The van der Waals surface area contributed by atoms with E-state index in [1.54, 1.807) is 15.8 Å². The van der Waals surface area contributed by atoms with E-state index in [2.05, 4.69) is 11.2 Å². The van der Waals surface area contributed by atoms with Gasteiger partial charge in [-0.2, -0.15) is 5.10 Å². The predicted octanol–water partition coefficient (Wildman–Crippen LogP) is 1.58. The third-order valence-corrected chi connectivity index (χ3v) is 3.71. The average Bonchev–Trinajstić information content (AvgIpc) is 2.74. The average molecular weight is 256 g/mol. The number of nitrogens with two attached hydrogens (primary N) is 1. The van der Waals surface area contributed by atoms with Crippen LogP contribution in [0.15, 0.2) is 24.4 Å². The summed E-state index contributed by atoms with van der Waals surface area (Å²) >= 11 is 0. The molecule has 1 aliphatic heterocycles. The molecule has 2 N–H and O–H groups in total. The Morgan fingerprint density at radius 3 is 2.68 bits per heavy atom. The monoisotopic (exact) mass is 256 g/mol. The van der Waals surface area contributed by atoms with Crippen molar-refractivity contribution in [2.24, 2.45) is 7.05 Å². The highest BCUT2D eigenvalue weighted by atomic mass is 16.2. The van der Waals surface area contributed by atoms with Gasteiger partial charge in [-0.3, -0.25) is 9.48 Å². The first-order valence-corrected chi connectivity index (χ1v) is 6.26. The van der Waals surface area contributed by atoms with Gasteiger partial charge >= 0.3 is 0 Å². The van der Waals surface area contributed by atoms with Crippen LogP contribution in [0.1, 0.15) is 12.0 Å². The number of anilines is 2. The Balaban J connectivity index is 2.23. The van der Waals surface area contributed by atoms with Gasteiger partial charge in [-0.1, -0.05) is 18.2 Å². The van der Waals surface area contributed by atoms with Crippen molar-refractivity contribution in [3.05, 3.63) is 30.0 Å². The first-order chi connectivity index (χ1) is 9.09. The lowest BCUT2D eigenvalue weighted by atomic mass is 9.95. The second-order valence-corrected chi connectivity index (χ2v) is 4.83. The summed E-state index contributed by atoms with van der Waals surface area (Å²) in [5.74, 6) is 0.752. The molecule has 2 aromatic rings. The Kier molecular flexibility index (Phi) is 2.55. The number of rotatable bonds is 1. The molecule has 1 amide bonds. The summed E-state index contributed by atoms with van der Waals surface area (Å²) < 4.78 is 1.64. The highest BCUT2D eigenvalue weighted by molar-refractivity contribution is 6.01. The van der Waals surface area contributed by atoms with Gasteiger partial charge in [-0.25, -0.2) is 0 Å². The normalized spacial score (nSPS) is 14.6. The van der Waals surface area contributed by atoms with Crippen molar-refractivity contribution in [3.63, 3.8) is 0 Å². The number of amides is 1. The highest BCUT2D eigenvalue weighted by Crippen LogP contribution is 2.38. The second-order valence-electron chi connectivity index (χ2n) is 4.83. The molecule has 0 radical (unpaired) electrons. The fraction of sp³-hybridized carbons (Fsp3) is 0.286. The predicted molar refractivity (Wildman–Crippen MR) is 74.8 cm³/mol. The molecule has 0 bridgehead atoms. The molecule has 0 fully saturated rings. The molecule has 98 valence electrons. The molecular formula is C14H16N4O. The number of para-hydroxylation sites is 1. The van der Waals surface area contributed by atoms with E-state index in [9.17, 15) is 4.79 Å². The third kappa shape index (κ3) is 1.69. The van der Waals surface area contributed by atoms with Gasteiger partial charge in [0.1, 0.15) is 5.82 Å². The Bertz CT molecular complexity index is 659. The van der Waals surface area contributed by atoms with Gasteiger partial charge in [0.2, 0.25) is 5.91 Å². The quantitative estimate of drug-likeness (QED) is 0.842. The lowest BCUT2D eigenvalue weighted by molar-refractivity contribution is -0.118. The largest absolute Gasteiger partial charge is 0.383 e. The zero-order valence-corrected chi connectivity index (χ0v) is 11.1. The molecule has 3 rings (SSSR count). The number of benzene rings is 1. The minimum Gasteiger partial charge on any atom is -0.383 e. The van der Waals surface area contributed by atoms with Gasteiger partial charge in [-0.05, 0) is 12.0 Å². The summed E-state index contributed by atoms with van der Waals surface area (Å²) in [5.41, 5.74) is 10.0. The van der Waals surface area contributed by atoms with E-state index in [-0.39, 0.29) is 5.91 Å². The van der Waals surface area contributed by atoms with Crippen molar-refractivity contribution in [1.82, 2.24) is 9.78 Å². The van der Waals surface area contributed by atoms with Crippen molar-refractivity contribution in [2.75, 3.05) is 17.7 Å². The van der Waals surface area contributed by atoms with E-state index in [0.717, 1.165) is 23.2 Å². The van der Waals surface area contributed by atoms with Crippen LogP contribution in [0.4, 0.5) is 11.5 Å². The number of nitrogen functional groups attached to an aromatic ring is 1. The van der Waals surface area contributed by atoms with Crippen molar-refractivity contribution in [2.45, 2.75) is 12.8 Å². The summed E-state index contributed by atoms with van der Waals surface area (Å²) in [4.78, 5) is 13.6. The van der Waals surface area contributed by atoms with Crippen molar-refractivity contribution in [1.29, 1.82) is 0 Å². The van der Waals surface area contributed by atoms with E-state index < -0.39 is 0 Å². The summed E-state index contributed by atoms with van der Waals surface area (Å²) in [6, 6.07) is 6.06. The first kappa shape index (κ1) is 11.8. The Hall–Kier alpha value is -2.30. The van der Waals surface area contributed by atoms with E-state index in [4.69, 9.17) is 5.73 Å². The lowest BCUT2D eigenvalue weighted by Crippen LogP contribution is -2.31. The van der Waals surface area contributed by atoms with Crippen LogP contribution in [0.2, 0.25) is 0 Å². The number of aryl methyl sites for hydroxylation is 2. The molecule has 0 saturated carbocycles. The molecule has 0 spiro atoms. The highest BCUT2D eigenvalue weighted by Gasteiger charge is 2.25. The van der Waals surface area contributed by atoms with Gasteiger partial charge in [0.05, 0.1) is 11.9 Å². The molecule has 2 heterocycles. The summed E-state index contributed by atoms with van der Waals surface area (Å²) in [5, 5.41) is 4.17. The molecule has 5 heteroatoms. The molecule has 1 aliphatic rings. The van der Waals surface area contributed by atoms with E-state index in [1.165, 1.54) is 5.56 Å². The summed E-state index contributed by atoms with van der Waals surface area (Å²) in [6.07, 6.45) is 3.10. The minimum absolute atomic E-state index is 0.141. The Morgan fingerprint density at radius 2 is 2.00 bits per heavy atom. The standard InChI is InChI=1S/C14H16N4O/c1-17-12(19)7-6-9-4-3-5-10(13(9)17)11-8-16-18(2)14(11)15/h3-5,8H,6-7,15H2,1-2H3. The number of nitrogens with zero attached hydrogens (tertiary/aromatic N) is 3. The number of fused-ring (bicyclic) bond motifs is 1. The van der Waals surface area contributed by atoms with Crippen LogP contribution in [-0.4, -0.2) is 22.7 Å². The van der Waals surface area contributed by atoms with Crippen LogP contribution >= 0.6 is 0 Å². The van der Waals surface area contributed by atoms with Crippen molar-refractivity contribution < 1.29 is 4.79 Å². The molecule has 1 aromatic heterocycles. The SMILES string of the molecule is CN1C(=O)CCc2cccc(-c3cnn(C)c3N)c21. The van der Waals surface area contributed by atoms with Gasteiger partial charge in [0.25, 0.3) is 0 Å². The Morgan fingerprint density at radius 1 is 1.21 bits per heavy atom. The summed E-state index contributed by atoms with van der Waals surface area (Å²) in [6.45, 7) is 0. The number of aromatic nitrogens is 2. The van der Waals surface area contributed by atoms with E-state index in [0.29, 0.717) is 12.2 Å². The van der Waals surface area contributed by atoms with Gasteiger partial charge in [-0.15, -0.1) is 0 Å². The first-order valence-electron chi connectivity index (χ1n) is 6.26. The Labute approximate surface area is 111 Å². The number of hydrogen-bond acceptors (Lipinski definition) is 3. The molecule has 19 heavy (non-hydrogen) atoms. The smallest absolute Gasteiger partial charge is 0.227 e. The maximum Gasteiger partial charge on any atom is 0.227 e. The molecule has 5 nitrogen and oxygen atoms in total. The maximum atomic E-state index is 11.9. The third-order valence-electron chi connectivity index (χ3n) is 3.71. The van der Waals surface area contributed by atoms with Gasteiger partial charge in [0.15, 0.2) is 0 Å². The summed E-state index contributed by atoms with van der Waals surface area (Å²) in [7, 11) is 3.62. The van der Waals surface area contributed by atoms with Gasteiger partial charge < -0.3 is 10.6 Å². The lowest BCUT2D eigenvalue weighted by Gasteiger charge is -2.28. The van der Waals surface area contributed by atoms with Crippen LogP contribution < -0.4 is 10.6 Å². The van der Waals surface area contributed by atoms with Crippen LogP contribution in [-0.2, 0) is 18.3 Å². The zero-order chi connectivity index (χ0) is 13.6. The van der Waals surface area contributed by atoms with Crippen LogP contribution in [0, 0.1) is 0 Å². The molecule has 0 saturated heterocycles. The van der Waals surface area contributed by atoms with Gasteiger partial charge in [0, 0.05) is 31.6 Å².